The third-order valence-corrected chi connectivity index (χ3v) is 3.67. The van der Waals surface area contributed by atoms with Gasteiger partial charge in [0.05, 0.1) is 12.1 Å². The molecule has 98 valence electrons. The molecule has 0 aromatic carbocycles. The van der Waals surface area contributed by atoms with Crippen molar-refractivity contribution >= 4 is 0 Å². The summed E-state index contributed by atoms with van der Waals surface area (Å²) in [6.45, 7) is 11.1. The molecule has 0 aromatic rings. The molecule has 0 saturated carbocycles. The van der Waals surface area contributed by atoms with E-state index in [0.717, 1.165) is 18.9 Å². The van der Waals surface area contributed by atoms with E-state index in [-0.39, 0.29) is 6.04 Å². The summed E-state index contributed by atoms with van der Waals surface area (Å²) in [5.74, 6) is 0.863. The van der Waals surface area contributed by atoms with Crippen LogP contribution in [0, 0.1) is 17.2 Å². The number of hydrogen-bond acceptors (Lipinski definition) is 3. The molecule has 1 N–H and O–H groups in total. The maximum absolute atomic E-state index is 9.08. The second-order valence-corrected chi connectivity index (χ2v) is 5.81. The highest BCUT2D eigenvalue weighted by Crippen LogP contribution is 2.22. The Bertz CT molecular complexity index is 257. The number of nitriles is 1. The van der Waals surface area contributed by atoms with Crippen molar-refractivity contribution < 1.29 is 0 Å². The lowest BCUT2D eigenvalue weighted by Crippen LogP contribution is -2.43. The molecule has 0 radical (unpaired) electrons. The number of nitrogens with zero attached hydrogens (tertiary/aromatic N) is 2. The van der Waals surface area contributed by atoms with Crippen LogP contribution in [0.1, 0.15) is 47.0 Å². The summed E-state index contributed by atoms with van der Waals surface area (Å²) in [6, 6.07) is 3.43. The van der Waals surface area contributed by atoms with Crippen molar-refractivity contribution in [1.82, 2.24) is 10.2 Å². The summed E-state index contributed by atoms with van der Waals surface area (Å²) in [5.41, 5.74) is 0. The molecule has 0 aromatic heterocycles. The molecular formula is C14H27N3. The molecule has 0 aliphatic carbocycles. The predicted octanol–water partition coefficient (Wildman–Crippen LogP) is 2.39. The number of hydrogen-bond donors (Lipinski definition) is 1. The van der Waals surface area contributed by atoms with Crippen molar-refractivity contribution in [1.29, 1.82) is 5.26 Å². The van der Waals surface area contributed by atoms with Gasteiger partial charge in [0.25, 0.3) is 0 Å². The average Bonchev–Trinajstić information content (AvgIpc) is 2.25. The summed E-state index contributed by atoms with van der Waals surface area (Å²) in [4.78, 5) is 2.53. The van der Waals surface area contributed by atoms with Gasteiger partial charge in [-0.15, -0.1) is 0 Å². The molecule has 0 bridgehead atoms. The molecule has 3 heteroatoms. The molecule has 3 nitrogen and oxygen atoms in total. The van der Waals surface area contributed by atoms with Crippen molar-refractivity contribution in [2.24, 2.45) is 5.92 Å². The maximum Gasteiger partial charge on any atom is 0.0967 e. The fourth-order valence-electron chi connectivity index (χ4n) is 2.67. The van der Waals surface area contributed by atoms with Crippen molar-refractivity contribution in [3.8, 4) is 6.07 Å². The minimum Gasteiger partial charge on any atom is -0.301 e. The van der Waals surface area contributed by atoms with Crippen molar-refractivity contribution in [3.63, 3.8) is 0 Å². The first-order valence-electron chi connectivity index (χ1n) is 6.92. The van der Waals surface area contributed by atoms with Crippen LogP contribution in [0.25, 0.3) is 0 Å². The highest BCUT2D eigenvalue weighted by atomic mass is 15.2. The largest absolute Gasteiger partial charge is 0.301 e. The van der Waals surface area contributed by atoms with Crippen molar-refractivity contribution in [2.45, 2.75) is 65.1 Å². The molecular weight excluding hydrogens is 210 g/mol. The number of nitrogens with one attached hydrogen (secondary N) is 1. The van der Waals surface area contributed by atoms with Crippen LogP contribution < -0.4 is 5.32 Å². The Kier molecular flexibility index (Phi) is 5.94. The Morgan fingerprint density at radius 2 is 2.12 bits per heavy atom. The molecule has 3 unspecified atom stereocenters. The summed E-state index contributed by atoms with van der Waals surface area (Å²) >= 11 is 0. The Morgan fingerprint density at radius 3 is 2.65 bits per heavy atom. The van der Waals surface area contributed by atoms with Crippen LogP contribution in [-0.4, -0.2) is 36.1 Å². The van der Waals surface area contributed by atoms with Crippen LogP contribution in [0.15, 0.2) is 0 Å². The van der Waals surface area contributed by atoms with Crippen LogP contribution in [0.2, 0.25) is 0 Å². The molecule has 1 aliphatic rings. The summed E-state index contributed by atoms with van der Waals surface area (Å²) < 4.78 is 0. The first-order valence-corrected chi connectivity index (χ1v) is 6.92. The molecule has 0 spiro atoms. The van der Waals surface area contributed by atoms with Crippen LogP contribution in [-0.2, 0) is 0 Å². The topological polar surface area (TPSA) is 39.1 Å². The van der Waals surface area contributed by atoms with Gasteiger partial charge in [0.1, 0.15) is 0 Å². The van der Waals surface area contributed by atoms with E-state index in [1.807, 2.05) is 0 Å². The fourth-order valence-corrected chi connectivity index (χ4v) is 2.67. The van der Waals surface area contributed by atoms with Gasteiger partial charge in [0, 0.05) is 18.6 Å². The zero-order valence-electron chi connectivity index (χ0n) is 11.7. The molecule has 1 heterocycles. The Labute approximate surface area is 106 Å². The van der Waals surface area contributed by atoms with Gasteiger partial charge in [-0.05, 0) is 52.5 Å². The summed E-state index contributed by atoms with van der Waals surface area (Å²) in [7, 11) is 0. The highest BCUT2D eigenvalue weighted by Gasteiger charge is 2.23. The number of piperidine rings is 1. The third kappa shape index (κ3) is 5.06. The van der Waals surface area contributed by atoms with Gasteiger partial charge in [-0.25, -0.2) is 0 Å². The Hall–Kier alpha value is -0.590. The summed E-state index contributed by atoms with van der Waals surface area (Å²) in [6.07, 6.45) is 3.54. The Morgan fingerprint density at radius 1 is 1.41 bits per heavy atom. The van der Waals surface area contributed by atoms with Crippen LogP contribution in [0.3, 0.4) is 0 Å². The fraction of sp³-hybridized carbons (Fsp3) is 0.929. The van der Waals surface area contributed by atoms with E-state index in [0.29, 0.717) is 12.1 Å². The third-order valence-electron chi connectivity index (χ3n) is 3.67. The SMILES string of the molecule is CC1CCN(CCC(C#N)NC(C)C)C(C)C1. The maximum atomic E-state index is 9.08. The molecule has 1 fully saturated rings. The van der Waals surface area contributed by atoms with E-state index in [9.17, 15) is 0 Å². The quantitative estimate of drug-likeness (QED) is 0.798. The number of rotatable bonds is 5. The van der Waals surface area contributed by atoms with Gasteiger partial charge in [-0.3, -0.25) is 5.32 Å². The van der Waals surface area contributed by atoms with Gasteiger partial charge < -0.3 is 4.90 Å². The van der Waals surface area contributed by atoms with Crippen LogP contribution in [0.4, 0.5) is 0 Å². The lowest BCUT2D eigenvalue weighted by atomic mass is 9.93. The smallest absolute Gasteiger partial charge is 0.0967 e. The second-order valence-electron chi connectivity index (χ2n) is 5.81. The lowest BCUT2D eigenvalue weighted by molar-refractivity contribution is 0.125. The first-order chi connectivity index (χ1) is 8.02. The van der Waals surface area contributed by atoms with E-state index in [2.05, 4.69) is 44.0 Å². The van der Waals surface area contributed by atoms with E-state index in [1.165, 1.54) is 19.4 Å². The van der Waals surface area contributed by atoms with Crippen molar-refractivity contribution in [3.05, 3.63) is 0 Å². The molecule has 3 atom stereocenters. The average molecular weight is 237 g/mol. The molecule has 1 aliphatic heterocycles. The molecule has 1 saturated heterocycles. The number of likely N-dealkylation sites (tertiary alicyclic amines) is 1. The normalized spacial score (nSPS) is 28.0. The minimum absolute atomic E-state index is 0.00144. The zero-order chi connectivity index (χ0) is 12.8. The predicted molar refractivity (Wildman–Crippen MR) is 71.7 cm³/mol. The van der Waals surface area contributed by atoms with Crippen LogP contribution in [0.5, 0.6) is 0 Å². The highest BCUT2D eigenvalue weighted by molar-refractivity contribution is 4.91. The molecule has 0 amide bonds. The van der Waals surface area contributed by atoms with Crippen LogP contribution >= 0.6 is 0 Å². The monoisotopic (exact) mass is 237 g/mol. The van der Waals surface area contributed by atoms with Crippen molar-refractivity contribution in [2.75, 3.05) is 13.1 Å². The van der Waals surface area contributed by atoms with Gasteiger partial charge in [-0.2, -0.15) is 5.26 Å². The van der Waals surface area contributed by atoms with Gasteiger partial charge >= 0.3 is 0 Å². The van der Waals surface area contributed by atoms with Gasteiger partial charge in [0.2, 0.25) is 0 Å². The lowest BCUT2D eigenvalue weighted by Gasteiger charge is -2.37. The molecule has 1 rings (SSSR count). The van der Waals surface area contributed by atoms with E-state index >= 15 is 0 Å². The van der Waals surface area contributed by atoms with E-state index < -0.39 is 0 Å². The minimum atomic E-state index is 0.00144. The summed E-state index contributed by atoms with van der Waals surface area (Å²) in [5, 5.41) is 12.4. The second kappa shape index (κ2) is 6.98. The van der Waals surface area contributed by atoms with Gasteiger partial charge in [0.15, 0.2) is 0 Å². The first kappa shape index (κ1) is 14.5. The van der Waals surface area contributed by atoms with E-state index in [1.54, 1.807) is 0 Å². The molecule has 17 heavy (non-hydrogen) atoms. The van der Waals surface area contributed by atoms with Gasteiger partial charge in [-0.1, -0.05) is 6.92 Å². The zero-order valence-corrected chi connectivity index (χ0v) is 11.7. The van der Waals surface area contributed by atoms with E-state index in [4.69, 9.17) is 5.26 Å². The standard InChI is InChI=1S/C14H27N3/c1-11(2)16-14(10-15)6-8-17-7-5-12(3)9-13(17)4/h11-14,16H,5-9H2,1-4H3. The Balaban J connectivity index is 2.31.